The third-order valence-electron chi connectivity index (χ3n) is 2.44. The van der Waals surface area contributed by atoms with Crippen LogP contribution >= 0.6 is 0 Å². The number of carboxylic acid groups (broad SMARTS) is 1. The van der Waals surface area contributed by atoms with Crippen LogP contribution in [0.3, 0.4) is 0 Å². The molecule has 0 aromatic heterocycles. The van der Waals surface area contributed by atoms with Gasteiger partial charge in [0, 0.05) is 6.54 Å². The molecule has 1 aliphatic rings. The highest BCUT2D eigenvalue weighted by molar-refractivity contribution is 5.87. The summed E-state index contributed by atoms with van der Waals surface area (Å²) in [5, 5.41) is 10.3. The van der Waals surface area contributed by atoms with Crippen molar-refractivity contribution >= 4 is 18.0 Å². The van der Waals surface area contributed by atoms with Gasteiger partial charge in [0.05, 0.1) is 7.11 Å². The molecule has 90 valence electrons. The second-order valence-corrected chi connectivity index (χ2v) is 3.43. The summed E-state index contributed by atoms with van der Waals surface area (Å²) in [7, 11) is 1.26. The molecule has 1 aliphatic heterocycles. The molecule has 0 bridgehead atoms. The Morgan fingerprint density at radius 2 is 2.19 bits per heavy atom. The third kappa shape index (κ3) is 2.85. The van der Waals surface area contributed by atoms with Gasteiger partial charge in [-0.15, -0.1) is 0 Å². The molecule has 16 heavy (non-hydrogen) atoms. The van der Waals surface area contributed by atoms with Crippen LogP contribution in [0.15, 0.2) is 0 Å². The molecule has 0 aromatic carbocycles. The molecule has 1 heterocycles. The molecule has 2 amide bonds. The zero-order valence-corrected chi connectivity index (χ0v) is 8.93. The number of hydrogen-bond acceptors (Lipinski definition) is 4. The van der Waals surface area contributed by atoms with E-state index >= 15 is 0 Å². The van der Waals surface area contributed by atoms with E-state index < -0.39 is 24.0 Å². The van der Waals surface area contributed by atoms with E-state index in [1.807, 2.05) is 5.32 Å². The monoisotopic (exact) mass is 230 g/mol. The molecule has 1 saturated heterocycles. The smallest absolute Gasteiger partial charge is 0.405 e. The SMILES string of the molecule is COC(=O)[C@@H]1CCCN1C(=O)CNC(=O)O. The van der Waals surface area contributed by atoms with Crippen LogP contribution in [0.25, 0.3) is 0 Å². The van der Waals surface area contributed by atoms with Crippen LogP contribution in [0.4, 0.5) is 4.79 Å². The van der Waals surface area contributed by atoms with Crippen molar-refractivity contribution in [3.8, 4) is 0 Å². The minimum Gasteiger partial charge on any atom is -0.467 e. The topological polar surface area (TPSA) is 95.9 Å². The maximum absolute atomic E-state index is 11.6. The molecule has 1 atom stereocenters. The molecule has 2 N–H and O–H groups in total. The minimum absolute atomic E-state index is 0.317. The predicted molar refractivity (Wildman–Crippen MR) is 52.8 cm³/mol. The summed E-state index contributed by atoms with van der Waals surface area (Å²) < 4.78 is 4.57. The van der Waals surface area contributed by atoms with E-state index in [4.69, 9.17) is 5.11 Å². The fourth-order valence-electron chi connectivity index (χ4n) is 1.70. The second-order valence-electron chi connectivity index (χ2n) is 3.43. The standard InChI is InChI=1S/C9H14N2O5/c1-16-8(13)6-3-2-4-11(6)7(12)5-10-9(14)15/h6,10H,2-5H2,1H3,(H,14,15)/t6-/m0/s1. The van der Waals surface area contributed by atoms with E-state index in [2.05, 4.69) is 4.74 Å². The first-order valence-electron chi connectivity index (χ1n) is 4.90. The fraction of sp³-hybridized carbons (Fsp3) is 0.667. The number of nitrogens with zero attached hydrogens (tertiary/aromatic N) is 1. The highest BCUT2D eigenvalue weighted by Gasteiger charge is 2.34. The molecule has 1 fully saturated rings. The van der Waals surface area contributed by atoms with Crippen molar-refractivity contribution < 1.29 is 24.2 Å². The van der Waals surface area contributed by atoms with Crippen LogP contribution in [0.5, 0.6) is 0 Å². The molecule has 0 saturated carbocycles. The van der Waals surface area contributed by atoms with Gasteiger partial charge in [-0.25, -0.2) is 9.59 Å². The van der Waals surface area contributed by atoms with Gasteiger partial charge in [0.2, 0.25) is 5.91 Å². The summed E-state index contributed by atoms with van der Waals surface area (Å²) in [6.45, 7) is 0.142. The number of carbonyl (C=O) groups is 3. The average molecular weight is 230 g/mol. The first-order chi connectivity index (χ1) is 7.56. The van der Waals surface area contributed by atoms with Crippen molar-refractivity contribution in [3.63, 3.8) is 0 Å². The van der Waals surface area contributed by atoms with Gasteiger partial charge in [0.25, 0.3) is 0 Å². The molecule has 0 unspecified atom stereocenters. The van der Waals surface area contributed by atoms with Gasteiger partial charge in [0.15, 0.2) is 0 Å². The largest absolute Gasteiger partial charge is 0.467 e. The van der Waals surface area contributed by atoms with Crippen molar-refractivity contribution in [2.45, 2.75) is 18.9 Å². The highest BCUT2D eigenvalue weighted by Crippen LogP contribution is 2.18. The summed E-state index contributed by atoms with van der Waals surface area (Å²) >= 11 is 0. The zero-order valence-electron chi connectivity index (χ0n) is 8.93. The fourth-order valence-corrected chi connectivity index (χ4v) is 1.70. The molecule has 7 heteroatoms. The van der Waals surface area contributed by atoms with Gasteiger partial charge < -0.3 is 20.1 Å². The second kappa shape index (κ2) is 5.34. The number of esters is 1. The number of amides is 2. The van der Waals surface area contributed by atoms with E-state index in [9.17, 15) is 14.4 Å². The lowest BCUT2D eigenvalue weighted by atomic mass is 10.2. The van der Waals surface area contributed by atoms with Crippen LogP contribution in [0.1, 0.15) is 12.8 Å². The summed E-state index contributed by atoms with van der Waals surface area (Å²) in [6.07, 6.45) is 0.0199. The Morgan fingerprint density at radius 3 is 2.75 bits per heavy atom. The molecular formula is C9H14N2O5. The van der Waals surface area contributed by atoms with Crippen LogP contribution in [-0.2, 0) is 14.3 Å². The summed E-state index contributed by atoms with van der Waals surface area (Å²) in [6, 6.07) is -0.576. The molecule has 0 aliphatic carbocycles. The molecule has 0 radical (unpaired) electrons. The average Bonchev–Trinajstić information content (AvgIpc) is 2.73. The number of nitrogens with one attached hydrogen (secondary N) is 1. The molecule has 0 aromatic rings. The van der Waals surface area contributed by atoms with Crippen molar-refractivity contribution in [1.29, 1.82) is 0 Å². The summed E-state index contributed by atoms with van der Waals surface area (Å²) in [5.41, 5.74) is 0. The summed E-state index contributed by atoms with van der Waals surface area (Å²) in [4.78, 5) is 34.5. The lowest BCUT2D eigenvalue weighted by molar-refractivity contribution is -0.150. The number of carbonyl (C=O) groups excluding carboxylic acids is 2. The summed E-state index contributed by atoms with van der Waals surface area (Å²) in [5.74, 6) is -0.864. The Hall–Kier alpha value is -1.79. The first-order valence-corrected chi connectivity index (χ1v) is 4.90. The quantitative estimate of drug-likeness (QED) is 0.632. The number of hydrogen-bond donors (Lipinski definition) is 2. The lowest BCUT2D eigenvalue weighted by Crippen LogP contribution is -2.45. The van der Waals surface area contributed by atoms with Crippen molar-refractivity contribution in [2.75, 3.05) is 20.2 Å². The van der Waals surface area contributed by atoms with Crippen molar-refractivity contribution in [1.82, 2.24) is 10.2 Å². The van der Waals surface area contributed by atoms with Gasteiger partial charge in [0.1, 0.15) is 12.6 Å². The van der Waals surface area contributed by atoms with E-state index in [-0.39, 0.29) is 6.54 Å². The number of likely N-dealkylation sites (tertiary alicyclic amines) is 1. The van der Waals surface area contributed by atoms with Gasteiger partial charge >= 0.3 is 12.1 Å². The lowest BCUT2D eigenvalue weighted by Gasteiger charge is -2.22. The zero-order chi connectivity index (χ0) is 12.1. The maximum atomic E-state index is 11.6. The van der Waals surface area contributed by atoms with Gasteiger partial charge in [-0.05, 0) is 12.8 Å². The van der Waals surface area contributed by atoms with Crippen molar-refractivity contribution in [2.24, 2.45) is 0 Å². The molecular weight excluding hydrogens is 216 g/mol. The van der Waals surface area contributed by atoms with Crippen LogP contribution in [0.2, 0.25) is 0 Å². The van der Waals surface area contributed by atoms with Crippen LogP contribution < -0.4 is 5.32 Å². The van der Waals surface area contributed by atoms with Crippen molar-refractivity contribution in [3.05, 3.63) is 0 Å². The number of rotatable bonds is 3. The van der Waals surface area contributed by atoms with Gasteiger partial charge in [-0.2, -0.15) is 0 Å². The normalized spacial score (nSPS) is 19.3. The van der Waals surface area contributed by atoms with Gasteiger partial charge in [-0.3, -0.25) is 4.79 Å². The number of ether oxygens (including phenoxy) is 1. The molecule has 1 rings (SSSR count). The highest BCUT2D eigenvalue weighted by atomic mass is 16.5. The Balaban J connectivity index is 2.54. The van der Waals surface area contributed by atoms with Crippen LogP contribution in [0, 0.1) is 0 Å². The Kier molecular flexibility index (Phi) is 4.10. The van der Waals surface area contributed by atoms with E-state index in [0.717, 1.165) is 6.42 Å². The molecule has 7 nitrogen and oxygen atoms in total. The Bertz CT molecular complexity index is 304. The van der Waals surface area contributed by atoms with E-state index in [0.29, 0.717) is 13.0 Å². The van der Waals surface area contributed by atoms with E-state index in [1.54, 1.807) is 0 Å². The molecule has 0 spiro atoms. The Morgan fingerprint density at radius 1 is 1.50 bits per heavy atom. The predicted octanol–water partition coefficient (Wildman–Crippen LogP) is -0.582. The minimum atomic E-state index is -1.26. The van der Waals surface area contributed by atoms with Crippen LogP contribution in [-0.4, -0.2) is 54.2 Å². The number of methoxy groups -OCH3 is 1. The van der Waals surface area contributed by atoms with Gasteiger partial charge in [-0.1, -0.05) is 0 Å². The maximum Gasteiger partial charge on any atom is 0.405 e. The third-order valence-corrected chi connectivity index (χ3v) is 2.44. The Labute approximate surface area is 92.4 Å². The van der Waals surface area contributed by atoms with E-state index in [1.165, 1.54) is 12.0 Å². The first kappa shape index (κ1) is 12.3.